The van der Waals surface area contributed by atoms with Gasteiger partial charge in [-0.3, -0.25) is 4.98 Å². The van der Waals surface area contributed by atoms with Gasteiger partial charge < -0.3 is 10.2 Å². The second-order valence-electron chi connectivity index (χ2n) is 5.29. The predicted octanol–water partition coefficient (Wildman–Crippen LogP) is 4.42. The van der Waals surface area contributed by atoms with Crippen molar-refractivity contribution in [2.24, 2.45) is 0 Å². The van der Waals surface area contributed by atoms with Crippen LogP contribution in [0.15, 0.2) is 30.5 Å². The number of hydrogen-bond donors (Lipinski definition) is 1. The largest absolute Gasteiger partial charge is 0.383 e. The van der Waals surface area contributed by atoms with Crippen LogP contribution in [0.1, 0.15) is 26.7 Å². The third-order valence-electron chi connectivity index (χ3n) is 3.53. The van der Waals surface area contributed by atoms with Crippen molar-refractivity contribution in [3.05, 3.63) is 35.5 Å². The van der Waals surface area contributed by atoms with Crippen molar-refractivity contribution >= 4 is 28.2 Å². The summed E-state index contributed by atoms with van der Waals surface area (Å²) in [6.07, 6.45) is 4.24. The molecule has 0 saturated heterocycles. The number of halogens is 1. The molecule has 2 aromatic rings. The summed E-state index contributed by atoms with van der Waals surface area (Å²) in [7, 11) is 0. The maximum Gasteiger partial charge on any atom is 0.0737 e. The zero-order valence-electron chi connectivity index (χ0n) is 12.9. The number of nitrogens with one attached hydrogen (secondary N) is 1. The summed E-state index contributed by atoms with van der Waals surface area (Å²) in [6.45, 7) is 8.82. The van der Waals surface area contributed by atoms with Gasteiger partial charge in [0.1, 0.15) is 0 Å². The number of fused-ring (bicyclic) bond motifs is 1. The lowest BCUT2D eigenvalue weighted by molar-refractivity contribution is 0.285. The molecule has 0 aliphatic rings. The summed E-state index contributed by atoms with van der Waals surface area (Å²) < 4.78 is 0. The van der Waals surface area contributed by atoms with Crippen LogP contribution in [-0.2, 0) is 0 Å². The number of anilines is 1. The molecule has 0 saturated carbocycles. The zero-order chi connectivity index (χ0) is 15.1. The van der Waals surface area contributed by atoms with Crippen molar-refractivity contribution < 1.29 is 0 Å². The van der Waals surface area contributed by atoms with Crippen molar-refractivity contribution in [1.82, 2.24) is 9.88 Å². The third-order valence-corrected chi connectivity index (χ3v) is 3.76. The minimum atomic E-state index is 0.726. The Kier molecular flexibility index (Phi) is 6.27. The Balaban J connectivity index is 2.00. The molecule has 21 heavy (non-hydrogen) atoms. The van der Waals surface area contributed by atoms with E-state index in [1.807, 2.05) is 30.5 Å². The Hall–Kier alpha value is -1.32. The number of aromatic nitrogens is 1. The summed E-state index contributed by atoms with van der Waals surface area (Å²) in [6, 6.07) is 7.88. The second-order valence-corrected chi connectivity index (χ2v) is 5.72. The van der Waals surface area contributed by atoms with Gasteiger partial charge in [0.05, 0.1) is 5.52 Å². The van der Waals surface area contributed by atoms with Crippen molar-refractivity contribution in [2.45, 2.75) is 26.7 Å². The SMILES string of the molecule is CCCN(CCC)CCNc1ccnc2cc(Cl)ccc12. The minimum absolute atomic E-state index is 0.726. The van der Waals surface area contributed by atoms with Crippen molar-refractivity contribution in [1.29, 1.82) is 0 Å². The number of nitrogens with zero attached hydrogens (tertiary/aromatic N) is 2. The Bertz CT molecular complexity index is 565. The van der Waals surface area contributed by atoms with E-state index in [1.165, 1.54) is 25.9 Å². The quantitative estimate of drug-likeness (QED) is 0.782. The summed E-state index contributed by atoms with van der Waals surface area (Å²) in [5.74, 6) is 0. The van der Waals surface area contributed by atoms with Gasteiger partial charge in [0.2, 0.25) is 0 Å². The lowest BCUT2D eigenvalue weighted by atomic mass is 10.2. The van der Waals surface area contributed by atoms with Gasteiger partial charge >= 0.3 is 0 Å². The molecule has 1 N–H and O–H groups in total. The number of benzene rings is 1. The highest BCUT2D eigenvalue weighted by atomic mass is 35.5. The highest BCUT2D eigenvalue weighted by Crippen LogP contribution is 2.24. The first kappa shape index (κ1) is 16.1. The first-order valence-corrected chi connectivity index (χ1v) is 8.13. The van der Waals surface area contributed by atoms with Gasteiger partial charge in [0.15, 0.2) is 0 Å². The zero-order valence-corrected chi connectivity index (χ0v) is 13.7. The molecule has 1 aromatic heterocycles. The maximum absolute atomic E-state index is 6.02. The third kappa shape index (κ3) is 4.58. The smallest absolute Gasteiger partial charge is 0.0737 e. The fraction of sp³-hybridized carbons (Fsp3) is 0.471. The van der Waals surface area contributed by atoms with Crippen molar-refractivity contribution in [2.75, 3.05) is 31.5 Å². The van der Waals surface area contributed by atoms with Gasteiger partial charge in [-0.15, -0.1) is 0 Å². The molecule has 0 radical (unpaired) electrons. The van der Waals surface area contributed by atoms with Crippen LogP contribution in [0, 0.1) is 0 Å². The highest BCUT2D eigenvalue weighted by Gasteiger charge is 2.04. The van der Waals surface area contributed by atoms with Gasteiger partial charge in [-0.1, -0.05) is 25.4 Å². The monoisotopic (exact) mass is 305 g/mol. The average Bonchev–Trinajstić information content (AvgIpc) is 2.47. The summed E-state index contributed by atoms with van der Waals surface area (Å²) >= 11 is 6.02. The molecule has 0 amide bonds. The minimum Gasteiger partial charge on any atom is -0.383 e. The van der Waals surface area contributed by atoms with Gasteiger partial charge in [0.25, 0.3) is 0 Å². The molecule has 0 aliphatic heterocycles. The van der Waals surface area contributed by atoms with Gasteiger partial charge in [-0.05, 0) is 50.2 Å². The predicted molar refractivity (Wildman–Crippen MR) is 92.3 cm³/mol. The fourth-order valence-electron chi connectivity index (χ4n) is 2.59. The Morgan fingerprint density at radius 1 is 1.10 bits per heavy atom. The molecular weight excluding hydrogens is 282 g/mol. The standard InChI is InChI=1S/C17H24ClN3/c1-3-10-21(11-4-2)12-9-20-16-7-8-19-17-13-14(18)5-6-15(16)17/h5-8,13H,3-4,9-12H2,1-2H3,(H,19,20). The van der Waals surface area contributed by atoms with E-state index < -0.39 is 0 Å². The molecule has 1 heterocycles. The van der Waals surface area contributed by atoms with Crippen LogP contribution in [0.3, 0.4) is 0 Å². The number of hydrogen-bond acceptors (Lipinski definition) is 3. The molecule has 0 spiro atoms. The van der Waals surface area contributed by atoms with Crippen LogP contribution < -0.4 is 5.32 Å². The Labute approximate surface area is 132 Å². The lowest BCUT2D eigenvalue weighted by Gasteiger charge is -2.21. The normalized spacial score (nSPS) is 11.2. The van der Waals surface area contributed by atoms with Crippen LogP contribution in [0.2, 0.25) is 5.02 Å². The van der Waals surface area contributed by atoms with Crippen LogP contribution in [-0.4, -0.2) is 36.1 Å². The van der Waals surface area contributed by atoms with E-state index in [9.17, 15) is 0 Å². The lowest BCUT2D eigenvalue weighted by Crippen LogP contribution is -2.30. The molecule has 0 atom stereocenters. The van der Waals surface area contributed by atoms with Gasteiger partial charge in [0, 0.05) is 35.4 Å². The molecule has 2 rings (SSSR count). The van der Waals surface area contributed by atoms with Crippen LogP contribution in [0.4, 0.5) is 5.69 Å². The molecule has 4 heteroatoms. The topological polar surface area (TPSA) is 28.2 Å². The highest BCUT2D eigenvalue weighted by molar-refractivity contribution is 6.31. The molecule has 0 unspecified atom stereocenters. The molecule has 3 nitrogen and oxygen atoms in total. The van der Waals surface area contributed by atoms with Crippen molar-refractivity contribution in [3.8, 4) is 0 Å². The fourth-order valence-corrected chi connectivity index (χ4v) is 2.76. The second kappa shape index (κ2) is 8.20. The first-order valence-electron chi connectivity index (χ1n) is 7.75. The van der Waals surface area contributed by atoms with E-state index in [1.54, 1.807) is 0 Å². The van der Waals surface area contributed by atoms with E-state index in [0.717, 1.165) is 34.7 Å². The van der Waals surface area contributed by atoms with E-state index in [0.29, 0.717) is 0 Å². The van der Waals surface area contributed by atoms with Crippen LogP contribution >= 0.6 is 11.6 Å². The Morgan fingerprint density at radius 3 is 2.57 bits per heavy atom. The summed E-state index contributed by atoms with van der Waals surface area (Å²) in [4.78, 5) is 6.88. The first-order chi connectivity index (χ1) is 10.2. The van der Waals surface area contributed by atoms with Gasteiger partial charge in [-0.25, -0.2) is 0 Å². The Morgan fingerprint density at radius 2 is 1.86 bits per heavy atom. The van der Waals surface area contributed by atoms with E-state index >= 15 is 0 Å². The van der Waals surface area contributed by atoms with Crippen LogP contribution in [0.5, 0.6) is 0 Å². The van der Waals surface area contributed by atoms with E-state index in [-0.39, 0.29) is 0 Å². The maximum atomic E-state index is 6.02. The molecule has 0 bridgehead atoms. The summed E-state index contributed by atoms with van der Waals surface area (Å²) in [5.41, 5.74) is 2.07. The molecule has 0 aliphatic carbocycles. The molecular formula is C17H24ClN3. The van der Waals surface area contributed by atoms with Gasteiger partial charge in [-0.2, -0.15) is 0 Å². The number of pyridine rings is 1. The van der Waals surface area contributed by atoms with Crippen LogP contribution in [0.25, 0.3) is 10.9 Å². The summed E-state index contributed by atoms with van der Waals surface area (Å²) in [5, 5.41) is 5.38. The van der Waals surface area contributed by atoms with E-state index in [2.05, 4.69) is 29.0 Å². The number of rotatable bonds is 8. The average molecular weight is 306 g/mol. The van der Waals surface area contributed by atoms with E-state index in [4.69, 9.17) is 11.6 Å². The molecule has 114 valence electrons. The molecule has 0 fully saturated rings. The van der Waals surface area contributed by atoms with Crippen molar-refractivity contribution in [3.63, 3.8) is 0 Å². The molecule has 1 aromatic carbocycles.